The lowest BCUT2D eigenvalue weighted by molar-refractivity contribution is 0.106. The fourth-order valence-corrected chi connectivity index (χ4v) is 10.5. The Labute approximate surface area is 312 Å². The number of hydrogen-bond acceptors (Lipinski definition) is 8. The molecule has 2 heterocycles. The van der Waals surface area contributed by atoms with E-state index in [1.165, 1.54) is 22.7 Å². The first-order valence-corrected chi connectivity index (χ1v) is 17.6. The number of hydrogen-bond donors (Lipinski definition) is 0. The van der Waals surface area contributed by atoms with Gasteiger partial charge in [0, 0.05) is 42.9 Å². The van der Waals surface area contributed by atoms with Crippen LogP contribution in [0.4, 0.5) is 22.6 Å². The molecule has 4 aliphatic carbocycles. The van der Waals surface area contributed by atoms with E-state index in [-0.39, 0.29) is 44.8 Å². The molecule has 2 aromatic carbocycles. The second-order valence-electron chi connectivity index (χ2n) is 13.7. The van der Waals surface area contributed by atoms with Gasteiger partial charge in [-0.3, -0.25) is 9.59 Å². The van der Waals surface area contributed by atoms with Crippen molar-refractivity contribution >= 4 is 67.9 Å². The molecule has 54 heavy (non-hydrogen) atoms. The number of halogens is 4. The van der Waals surface area contributed by atoms with Gasteiger partial charge in [0.05, 0.1) is 35.9 Å². The van der Waals surface area contributed by atoms with Crippen molar-refractivity contribution < 1.29 is 27.2 Å². The van der Waals surface area contributed by atoms with Gasteiger partial charge in [0.2, 0.25) is 11.6 Å². The number of Topliss-reactive ketones (excluding diaryl/α,β-unsaturated/α-hetero) is 2. The van der Waals surface area contributed by atoms with Gasteiger partial charge in [0.15, 0.2) is 23.3 Å². The first-order chi connectivity index (χ1) is 25.6. The van der Waals surface area contributed by atoms with E-state index in [1.54, 1.807) is 18.2 Å². The highest BCUT2D eigenvalue weighted by Gasteiger charge is 2.49. The summed E-state index contributed by atoms with van der Waals surface area (Å²) in [6, 6.07) is 8.38. The Bertz CT molecular complexity index is 2880. The zero-order valence-corrected chi connectivity index (χ0v) is 29.9. The molecule has 0 amide bonds. The molecule has 0 bridgehead atoms. The molecular weight excluding hydrogens is 737 g/mol. The maximum Gasteiger partial charge on any atom is 0.271 e. The molecule has 0 radical (unpaired) electrons. The van der Waals surface area contributed by atoms with Gasteiger partial charge >= 0.3 is 0 Å². The average molecular weight is 755 g/mol. The normalized spacial score (nSPS) is 20.0. The van der Waals surface area contributed by atoms with E-state index in [2.05, 4.69) is 14.7 Å². The first kappa shape index (κ1) is 34.5. The van der Waals surface area contributed by atoms with E-state index >= 15 is 0 Å². The zero-order valence-electron chi connectivity index (χ0n) is 28.3. The maximum absolute atomic E-state index is 14.3. The topological polar surface area (TPSA) is 115 Å². The number of allylic oxidation sites excluding steroid dienone is 5. The molecule has 0 atom stereocenters. The minimum atomic E-state index is -1.25. The molecule has 0 saturated heterocycles. The third-order valence-corrected chi connectivity index (χ3v) is 12.4. The number of rotatable bonds is 2. The van der Waals surface area contributed by atoms with Crippen molar-refractivity contribution in [2.24, 2.45) is 9.98 Å². The van der Waals surface area contributed by atoms with Crippen LogP contribution in [-0.2, 0) is 10.8 Å². The van der Waals surface area contributed by atoms with E-state index in [0.29, 0.717) is 10.7 Å². The third kappa shape index (κ3) is 4.48. The van der Waals surface area contributed by atoms with Crippen molar-refractivity contribution in [2.45, 2.75) is 38.5 Å². The number of nitrogens with zero attached hydrogens (tertiary/aromatic N) is 6. The van der Waals surface area contributed by atoms with Crippen LogP contribution < -0.4 is 0 Å². The van der Waals surface area contributed by atoms with Gasteiger partial charge in [-0.25, -0.2) is 47.8 Å². The maximum atomic E-state index is 14.3. The highest BCUT2D eigenvalue weighted by molar-refractivity contribution is 7.25. The molecule has 0 unspecified atom stereocenters. The highest BCUT2D eigenvalue weighted by atomic mass is 32.1. The summed E-state index contributed by atoms with van der Waals surface area (Å²) in [5.74, 6) is -6.44. The Kier molecular flexibility index (Phi) is 7.32. The number of thiophene rings is 2. The third-order valence-electron chi connectivity index (χ3n) is 10.1. The molecule has 2 aromatic heterocycles. The predicted molar refractivity (Wildman–Crippen MR) is 195 cm³/mol. The molecule has 0 spiro atoms. The van der Waals surface area contributed by atoms with Crippen LogP contribution in [0.15, 0.2) is 57.4 Å². The second-order valence-corrected chi connectivity index (χ2v) is 15.8. The van der Waals surface area contributed by atoms with Crippen LogP contribution in [-0.4, -0.2) is 23.0 Å². The number of carbonyl (C=O) groups excluding carboxylic acids is 2. The number of carbonyl (C=O) groups is 2. The molecule has 260 valence electrons. The van der Waals surface area contributed by atoms with Gasteiger partial charge in [-0.15, -0.1) is 22.7 Å². The van der Waals surface area contributed by atoms with Crippen molar-refractivity contribution in [3.63, 3.8) is 0 Å². The van der Waals surface area contributed by atoms with Crippen molar-refractivity contribution in [1.82, 2.24) is 0 Å². The molecule has 14 heteroatoms. The lowest BCUT2D eigenvalue weighted by Crippen LogP contribution is -2.24. The fraction of sp³-hybridized carbons (Fsp3) is 0.150. The lowest BCUT2D eigenvalue weighted by atomic mass is 9.75. The van der Waals surface area contributed by atoms with Gasteiger partial charge in [-0.05, 0) is 64.2 Å². The van der Waals surface area contributed by atoms with Crippen molar-refractivity contribution in [3.05, 3.63) is 137 Å². The molecule has 0 aliphatic heterocycles. The van der Waals surface area contributed by atoms with Gasteiger partial charge in [0.1, 0.15) is 16.4 Å². The van der Waals surface area contributed by atoms with Crippen molar-refractivity contribution in [3.8, 4) is 21.9 Å². The number of fused-ring (bicyclic) bond motifs is 7. The van der Waals surface area contributed by atoms with Gasteiger partial charge in [-0.1, -0.05) is 27.7 Å². The summed E-state index contributed by atoms with van der Waals surface area (Å²) in [4.78, 5) is 45.5. The predicted octanol–water partition coefficient (Wildman–Crippen LogP) is 9.92. The summed E-state index contributed by atoms with van der Waals surface area (Å²) < 4.78 is 57.0. The van der Waals surface area contributed by atoms with Crippen LogP contribution >= 0.6 is 22.7 Å². The summed E-state index contributed by atoms with van der Waals surface area (Å²) in [6.07, 6.45) is 1.81. The Morgan fingerprint density at radius 2 is 1.17 bits per heavy atom. The molecule has 0 saturated carbocycles. The van der Waals surface area contributed by atoms with Crippen molar-refractivity contribution in [1.29, 1.82) is 10.5 Å². The Morgan fingerprint density at radius 3 is 1.65 bits per heavy atom. The smallest absolute Gasteiger partial charge is 0.271 e. The standard InChI is InChI=1S/C40H18F4N6O2S2/c1-39(2)19-11-28(50-34-30(25(14-46)48-6)16-8-21(42)23(44)10-18(16)36(34)52)54-37(19)38-32(39)31-26(53-38)12-27(40(31,3)4)49-33-29(24(13-45)47-5)15-7-20(41)22(43)9-17(15)35(33)51/h7-12H,1-4H3/b29-24?,30-25+,49-33?,50-34?. The molecule has 8 rings (SSSR count). The van der Waals surface area contributed by atoms with Crippen molar-refractivity contribution in [2.75, 3.05) is 0 Å². The summed E-state index contributed by atoms with van der Waals surface area (Å²) in [5, 5.41) is 19.8. The molecule has 0 N–H and O–H groups in total. The van der Waals surface area contributed by atoms with E-state index in [4.69, 9.17) is 18.1 Å². The van der Waals surface area contributed by atoms with Gasteiger partial charge in [-0.2, -0.15) is 0 Å². The van der Waals surface area contributed by atoms with Crippen LogP contribution in [0.25, 0.3) is 36.7 Å². The van der Waals surface area contributed by atoms with Crippen LogP contribution in [0.1, 0.15) is 81.1 Å². The summed E-state index contributed by atoms with van der Waals surface area (Å²) in [7, 11) is 0. The second kappa shape index (κ2) is 11.5. The van der Waals surface area contributed by atoms with E-state index in [0.717, 1.165) is 55.6 Å². The summed E-state index contributed by atoms with van der Waals surface area (Å²) >= 11 is 2.75. The van der Waals surface area contributed by atoms with Crippen LogP contribution in [0.2, 0.25) is 0 Å². The fourth-order valence-electron chi connectivity index (χ4n) is 7.55. The van der Waals surface area contributed by atoms with Crippen LogP contribution in [0.3, 0.4) is 0 Å². The monoisotopic (exact) mass is 754 g/mol. The number of ketones is 2. The van der Waals surface area contributed by atoms with Crippen LogP contribution in [0.5, 0.6) is 0 Å². The first-order valence-electron chi connectivity index (χ1n) is 15.9. The average Bonchev–Trinajstić information content (AvgIpc) is 3.92. The van der Waals surface area contributed by atoms with Crippen LogP contribution in [0, 0.1) is 59.1 Å². The molecule has 0 fully saturated rings. The highest BCUT2D eigenvalue weighted by Crippen LogP contribution is 2.63. The lowest BCUT2D eigenvalue weighted by Gasteiger charge is -2.28. The molecule has 8 nitrogen and oxygen atoms in total. The van der Waals surface area contributed by atoms with E-state index < -0.39 is 57.1 Å². The minimum Gasteiger partial charge on any atom is -0.287 e. The molecule has 4 aromatic rings. The summed E-state index contributed by atoms with van der Waals surface area (Å²) in [5.41, 5.74) is -0.531. The Balaban J connectivity index is 1.24. The molecule has 4 aliphatic rings. The minimum absolute atomic E-state index is 0.0784. The SMILES string of the molecule is [C-]#[N+]C(C#N)=C1C(=NC2=Cc3sc4c(c3C2(C)C)C(C)(C)c2cc(N=C3C(=O)c5cc(F)c(F)cc5/C3=C(/C#N)[N+]#[C-])sc2-4)C(=O)c2cc(F)c(F)cc21. The van der Waals surface area contributed by atoms with E-state index in [9.17, 15) is 37.7 Å². The molecular formula is C40H18F4N6O2S2. The van der Waals surface area contributed by atoms with Gasteiger partial charge in [0.25, 0.3) is 11.4 Å². The quantitative estimate of drug-likeness (QED) is 0.115. The number of aliphatic imine (C=N–C) groups is 2. The number of benzene rings is 2. The zero-order chi connectivity index (χ0) is 38.8. The Hall–Kier alpha value is -6.58. The van der Waals surface area contributed by atoms with Gasteiger partial charge < -0.3 is 0 Å². The largest absolute Gasteiger partial charge is 0.287 e. The summed E-state index contributed by atoms with van der Waals surface area (Å²) in [6.45, 7) is 22.9. The number of nitriles is 2. The Morgan fingerprint density at radius 1 is 0.685 bits per heavy atom. The van der Waals surface area contributed by atoms with E-state index in [1.807, 2.05) is 33.8 Å².